The van der Waals surface area contributed by atoms with Crippen LogP contribution < -0.4 is 16.4 Å². The minimum Gasteiger partial charge on any atom is -0.398 e. The fourth-order valence-corrected chi connectivity index (χ4v) is 1.48. The molecule has 6 heteroatoms. The van der Waals surface area contributed by atoms with Gasteiger partial charge in [0.05, 0.1) is 5.56 Å². The van der Waals surface area contributed by atoms with E-state index in [1.807, 2.05) is 13.8 Å². The molecule has 5 nitrogen and oxygen atoms in total. The van der Waals surface area contributed by atoms with Crippen molar-refractivity contribution in [1.82, 2.24) is 10.6 Å². The van der Waals surface area contributed by atoms with Crippen molar-refractivity contribution in [2.75, 3.05) is 12.3 Å². The highest BCUT2D eigenvalue weighted by Gasteiger charge is 2.09. The molecule has 1 rings (SSSR count). The molecule has 0 saturated carbocycles. The van der Waals surface area contributed by atoms with Gasteiger partial charge in [0, 0.05) is 24.7 Å². The van der Waals surface area contributed by atoms with Gasteiger partial charge in [0.1, 0.15) is 0 Å². The van der Waals surface area contributed by atoms with Crippen LogP contribution in [-0.2, 0) is 4.79 Å². The van der Waals surface area contributed by atoms with Gasteiger partial charge >= 0.3 is 0 Å². The molecule has 0 aliphatic carbocycles. The van der Waals surface area contributed by atoms with Crippen LogP contribution >= 0.6 is 12.4 Å². The zero-order chi connectivity index (χ0) is 13.5. The van der Waals surface area contributed by atoms with E-state index in [1.54, 1.807) is 24.3 Å². The summed E-state index contributed by atoms with van der Waals surface area (Å²) in [6, 6.07) is 6.94. The van der Waals surface area contributed by atoms with E-state index in [4.69, 9.17) is 5.73 Å². The van der Waals surface area contributed by atoms with Crippen molar-refractivity contribution in [2.24, 2.45) is 0 Å². The second-order valence-electron chi connectivity index (χ2n) is 4.32. The van der Waals surface area contributed by atoms with Gasteiger partial charge in [-0.3, -0.25) is 9.59 Å². The summed E-state index contributed by atoms with van der Waals surface area (Å²) in [6.07, 6.45) is 0.261. The van der Waals surface area contributed by atoms with Crippen molar-refractivity contribution < 1.29 is 9.59 Å². The van der Waals surface area contributed by atoms with E-state index in [0.717, 1.165) is 0 Å². The Balaban J connectivity index is 0.00000324. The summed E-state index contributed by atoms with van der Waals surface area (Å²) in [4.78, 5) is 23.1. The van der Waals surface area contributed by atoms with Gasteiger partial charge < -0.3 is 16.4 Å². The molecule has 0 unspecified atom stereocenters. The highest BCUT2D eigenvalue weighted by atomic mass is 35.5. The molecule has 0 atom stereocenters. The fourth-order valence-electron chi connectivity index (χ4n) is 1.48. The summed E-state index contributed by atoms with van der Waals surface area (Å²) in [5, 5.41) is 5.42. The lowest BCUT2D eigenvalue weighted by atomic mass is 10.1. The number of nitrogens with two attached hydrogens (primary N) is 1. The molecule has 0 aliphatic heterocycles. The number of carbonyl (C=O) groups excluding carboxylic acids is 2. The fraction of sp³-hybridized carbons (Fsp3) is 0.385. The zero-order valence-electron chi connectivity index (χ0n) is 11.1. The molecule has 0 heterocycles. The number of benzene rings is 1. The average molecular weight is 286 g/mol. The standard InChI is InChI=1S/C13H19N3O2.ClH/c1-9(2)16-12(17)7-8-15-13(18)10-5-3-4-6-11(10)14;/h3-6,9H,7-8,14H2,1-2H3,(H,15,18)(H,16,17);1H. The van der Waals surface area contributed by atoms with Crippen LogP contribution in [0.1, 0.15) is 30.6 Å². The molecular weight excluding hydrogens is 266 g/mol. The molecule has 1 aromatic carbocycles. The van der Waals surface area contributed by atoms with Gasteiger partial charge in [0.15, 0.2) is 0 Å². The van der Waals surface area contributed by atoms with Gasteiger partial charge in [-0.05, 0) is 26.0 Å². The predicted octanol–water partition coefficient (Wildman–Crippen LogP) is 1.34. The lowest BCUT2D eigenvalue weighted by Gasteiger charge is -2.09. The Morgan fingerprint density at radius 3 is 2.47 bits per heavy atom. The van der Waals surface area contributed by atoms with E-state index in [-0.39, 0.29) is 36.7 Å². The third-order valence-corrected chi connectivity index (χ3v) is 2.29. The number of amides is 2. The van der Waals surface area contributed by atoms with Crippen LogP contribution in [0.15, 0.2) is 24.3 Å². The predicted molar refractivity (Wildman–Crippen MR) is 78.3 cm³/mol. The second kappa shape index (κ2) is 8.37. The molecule has 0 fully saturated rings. The SMILES string of the molecule is CC(C)NC(=O)CCNC(=O)c1ccccc1N.Cl. The third-order valence-electron chi connectivity index (χ3n) is 2.29. The van der Waals surface area contributed by atoms with Crippen LogP contribution in [0.3, 0.4) is 0 Å². The van der Waals surface area contributed by atoms with Gasteiger partial charge in [-0.25, -0.2) is 0 Å². The highest BCUT2D eigenvalue weighted by molar-refractivity contribution is 5.99. The van der Waals surface area contributed by atoms with Gasteiger partial charge in [0.25, 0.3) is 5.91 Å². The summed E-state index contributed by atoms with van der Waals surface area (Å²) in [5.41, 5.74) is 6.54. The molecule has 19 heavy (non-hydrogen) atoms. The maximum Gasteiger partial charge on any atom is 0.253 e. The number of anilines is 1. The Labute approximate surface area is 119 Å². The average Bonchev–Trinajstić information content (AvgIpc) is 2.28. The first-order valence-electron chi connectivity index (χ1n) is 5.92. The van der Waals surface area contributed by atoms with Gasteiger partial charge in [-0.2, -0.15) is 0 Å². The third kappa shape index (κ3) is 6.10. The molecule has 4 N–H and O–H groups in total. The number of hydrogen-bond acceptors (Lipinski definition) is 3. The van der Waals surface area contributed by atoms with Crippen molar-refractivity contribution in [3.63, 3.8) is 0 Å². The van der Waals surface area contributed by atoms with Crippen molar-refractivity contribution in [3.05, 3.63) is 29.8 Å². The normalized spacial score (nSPS) is 9.63. The van der Waals surface area contributed by atoms with Crippen LogP contribution in [0.5, 0.6) is 0 Å². The maximum atomic E-state index is 11.7. The van der Waals surface area contributed by atoms with E-state index in [2.05, 4.69) is 10.6 Å². The van der Waals surface area contributed by atoms with Gasteiger partial charge in [-0.15, -0.1) is 12.4 Å². The Morgan fingerprint density at radius 2 is 1.89 bits per heavy atom. The number of para-hydroxylation sites is 1. The largest absolute Gasteiger partial charge is 0.398 e. The number of nitrogens with one attached hydrogen (secondary N) is 2. The number of carbonyl (C=O) groups is 2. The monoisotopic (exact) mass is 285 g/mol. The van der Waals surface area contributed by atoms with Crippen LogP contribution in [0.4, 0.5) is 5.69 Å². The van der Waals surface area contributed by atoms with E-state index in [0.29, 0.717) is 17.8 Å². The first kappa shape index (κ1) is 17.2. The molecule has 106 valence electrons. The van der Waals surface area contributed by atoms with E-state index >= 15 is 0 Å². The Bertz CT molecular complexity index is 436. The van der Waals surface area contributed by atoms with Crippen molar-refractivity contribution in [3.8, 4) is 0 Å². The number of halogens is 1. The molecule has 0 aliphatic rings. The Hall–Kier alpha value is -1.75. The summed E-state index contributed by atoms with van der Waals surface area (Å²) >= 11 is 0. The lowest BCUT2D eigenvalue weighted by Crippen LogP contribution is -2.34. The maximum absolute atomic E-state index is 11.7. The molecular formula is C13H20ClN3O2. The van der Waals surface area contributed by atoms with Crippen molar-refractivity contribution in [2.45, 2.75) is 26.3 Å². The van der Waals surface area contributed by atoms with Crippen LogP contribution in [-0.4, -0.2) is 24.4 Å². The molecule has 0 radical (unpaired) electrons. The molecule has 0 saturated heterocycles. The van der Waals surface area contributed by atoms with Gasteiger partial charge in [0.2, 0.25) is 5.91 Å². The van der Waals surface area contributed by atoms with Gasteiger partial charge in [-0.1, -0.05) is 12.1 Å². The summed E-state index contributed by atoms with van der Waals surface area (Å²) in [7, 11) is 0. The van der Waals surface area contributed by atoms with E-state index in [9.17, 15) is 9.59 Å². The Kier molecular flexibility index (Phi) is 7.60. The van der Waals surface area contributed by atoms with Crippen molar-refractivity contribution >= 4 is 29.9 Å². The van der Waals surface area contributed by atoms with Crippen LogP contribution in [0, 0.1) is 0 Å². The topological polar surface area (TPSA) is 84.2 Å². The first-order chi connectivity index (χ1) is 8.50. The summed E-state index contributed by atoms with van der Waals surface area (Å²) < 4.78 is 0. The van der Waals surface area contributed by atoms with Crippen molar-refractivity contribution in [1.29, 1.82) is 0 Å². The second-order valence-corrected chi connectivity index (χ2v) is 4.32. The quantitative estimate of drug-likeness (QED) is 0.714. The number of rotatable bonds is 5. The van der Waals surface area contributed by atoms with E-state index < -0.39 is 0 Å². The molecule has 2 amide bonds. The minimum absolute atomic E-state index is 0. The highest BCUT2D eigenvalue weighted by Crippen LogP contribution is 2.09. The minimum atomic E-state index is -0.259. The summed E-state index contributed by atoms with van der Waals surface area (Å²) in [5.74, 6) is -0.336. The Morgan fingerprint density at radius 1 is 1.26 bits per heavy atom. The zero-order valence-corrected chi connectivity index (χ0v) is 11.9. The molecule has 0 spiro atoms. The lowest BCUT2D eigenvalue weighted by molar-refractivity contribution is -0.121. The number of hydrogen-bond donors (Lipinski definition) is 3. The molecule has 0 bridgehead atoms. The summed E-state index contributed by atoms with van der Waals surface area (Å²) in [6.45, 7) is 4.08. The molecule has 0 aromatic heterocycles. The molecule has 1 aromatic rings. The van der Waals surface area contributed by atoms with E-state index in [1.165, 1.54) is 0 Å². The first-order valence-corrected chi connectivity index (χ1v) is 5.92. The van der Waals surface area contributed by atoms with Crippen LogP contribution in [0.25, 0.3) is 0 Å². The van der Waals surface area contributed by atoms with Crippen LogP contribution in [0.2, 0.25) is 0 Å². The smallest absolute Gasteiger partial charge is 0.253 e. The number of nitrogen functional groups attached to an aromatic ring is 1.